The predicted octanol–water partition coefficient (Wildman–Crippen LogP) is 4.74. The first-order valence-corrected chi connectivity index (χ1v) is 9.71. The van der Waals surface area contributed by atoms with Gasteiger partial charge in [0.1, 0.15) is 23.3 Å². The zero-order chi connectivity index (χ0) is 19.1. The van der Waals surface area contributed by atoms with Crippen molar-refractivity contribution in [1.82, 2.24) is 5.32 Å². The van der Waals surface area contributed by atoms with Crippen LogP contribution in [0.15, 0.2) is 48.5 Å². The lowest BCUT2D eigenvalue weighted by molar-refractivity contribution is -0.122. The van der Waals surface area contributed by atoms with Crippen LogP contribution in [0, 0.1) is 0 Å². The van der Waals surface area contributed by atoms with Gasteiger partial charge >= 0.3 is 0 Å². The fourth-order valence-corrected chi connectivity index (χ4v) is 3.24. The second-order valence-electron chi connectivity index (χ2n) is 6.89. The van der Waals surface area contributed by atoms with E-state index in [9.17, 15) is 4.79 Å². The Hall–Kier alpha value is -2.69. The maximum atomic E-state index is 12.3. The predicted molar refractivity (Wildman–Crippen MR) is 108 cm³/mol. The number of ether oxygens (including phenoxy) is 2. The molecule has 2 aromatic carbocycles. The summed E-state index contributed by atoms with van der Waals surface area (Å²) in [5.41, 5.74) is 0.892. The van der Waals surface area contributed by atoms with Crippen molar-refractivity contribution in [1.29, 1.82) is 0 Å². The smallest absolute Gasteiger partial charge is 0.242 e. The van der Waals surface area contributed by atoms with Crippen LogP contribution >= 0.6 is 0 Å². The third-order valence-corrected chi connectivity index (χ3v) is 4.70. The monoisotopic (exact) mass is 368 g/mol. The molecule has 0 heterocycles. The summed E-state index contributed by atoms with van der Waals surface area (Å²) in [6, 6.07) is 15.2. The SMILES string of the molecule is CCOc1ccc(Oc2ccc(N[C@@H](C)C(=O)NC3CCCC3)cc2)cc1. The lowest BCUT2D eigenvalue weighted by Crippen LogP contribution is -2.42. The molecular formula is C22H28N2O3. The number of carbonyl (C=O) groups is 1. The lowest BCUT2D eigenvalue weighted by Gasteiger charge is -2.18. The first-order chi connectivity index (χ1) is 13.1. The van der Waals surface area contributed by atoms with Gasteiger partial charge < -0.3 is 20.1 Å². The molecule has 1 fully saturated rings. The number of amides is 1. The molecule has 5 heteroatoms. The van der Waals surface area contributed by atoms with E-state index in [1.54, 1.807) is 0 Å². The standard InChI is InChI=1S/C22H28N2O3/c1-3-26-19-12-14-21(15-13-19)27-20-10-8-18(9-11-20)23-16(2)22(25)24-17-6-4-5-7-17/h8-17,23H,3-7H2,1-2H3,(H,24,25)/t16-/m0/s1. The molecule has 0 aromatic heterocycles. The van der Waals surface area contributed by atoms with Crippen LogP contribution in [0.25, 0.3) is 0 Å². The molecule has 0 spiro atoms. The Morgan fingerprint density at radius 3 is 2.15 bits per heavy atom. The van der Waals surface area contributed by atoms with Gasteiger partial charge in [-0.05, 0) is 75.2 Å². The molecule has 0 aliphatic heterocycles. The second-order valence-corrected chi connectivity index (χ2v) is 6.89. The molecule has 2 N–H and O–H groups in total. The summed E-state index contributed by atoms with van der Waals surface area (Å²) in [6.07, 6.45) is 4.61. The van der Waals surface area contributed by atoms with E-state index in [4.69, 9.17) is 9.47 Å². The molecule has 1 amide bonds. The summed E-state index contributed by atoms with van der Waals surface area (Å²) in [6.45, 7) is 4.49. The first kappa shape index (κ1) is 19.1. The van der Waals surface area contributed by atoms with Gasteiger partial charge in [-0.15, -0.1) is 0 Å². The van der Waals surface area contributed by atoms with Gasteiger partial charge in [-0.25, -0.2) is 0 Å². The van der Waals surface area contributed by atoms with E-state index in [1.165, 1.54) is 12.8 Å². The van der Waals surface area contributed by atoms with E-state index in [0.29, 0.717) is 12.6 Å². The second kappa shape index (κ2) is 9.31. The zero-order valence-corrected chi connectivity index (χ0v) is 16.0. The summed E-state index contributed by atoms with van der Waals surface area (Å²) < 4.78 is 11.3. The molecule has 2 aromatic rings. The quantitative estimate of drug-likeness (QED) is 0.707. The number of hydrogen-bond donors (Lipinski definition) is 2. The Kier molecular flexibility index (Phi) is 6.58. The molecular weight excluding hydrogens is 340 g/mol. The number of anilines is 1. The van der Waals surface area contributed by atoms with Crippen molar-refractivity contribution in [2.45, 2.75) is 51.6 Å². The van der Waals surface area contributed by atoms with Gasteiger partial charge in [0, 0.05) is 11.7 Å². The van der Waals surface area contributed by atoms with Crippen LogP contribution < -0.4 is 20.1 Å². The summed E-state index contributed by atoms with van der Waals surface area (Å²) >= 11 is 0. The van der Waals surface area contributed by atoms with Crippen LogP contribution in [0.5, 0.6) is 17.2 Å². The van der Waals surface area contributed by atoms with Crippen LogP contribution in [-0.2, 0) is 4.79 Å². The highest BCUT2D eigenvalue weighted by Gasteiger charge is 2.20. The van der Waals surface area contributed by atoms with Gasteiger partial charge in [0.2, 0.25) is 5.91 Å². The van der Waals surface area contributed by atoms with Gasteiger partial charge in [0.15, 0.2) is 0 Å². The third kappa shape index (κ3) is 5.64. The van der Waals surface area contributed by atoms with Crippen LogP contribution in [-0.4, -0.2) is 24.6 Å². The molecule has 1 saturated carbocycles. The molecule has 5 nitrogen and oxygen atoms in total. The molecule has 144 valence electrons. The molecule has 0 bridgehead atoms. The fraction of sp³-hybridized carbons (Fsp3) is 0.409. The van der Waals surface area contributed by atoms with Crippen molar-refractivity contribution >= 4 is 11.6 Å². The lowest BCUT2D eigenvalue weighted by atomic mass is 10.2. The van der Waals surface area contributed by atoms with Gasteiger partial charge in [0.05, 0.1) is 6.61 Å². The van der Waals surface area contributed by atoms with E-state index in [0.717, 1.165) is 35.8 Å². The first-order valence-electron chi connectivity index (χ1n) is 9.71. The summed E-state index contributed by atoms with van der Waals surface area (Å²) in [7, 11) is 0. The molecule has 1 atom stereocenters. The van der Waals surface area contributed by atoms with Crippen LogP contribution in [0.3, 0.4) is 0 Å². The number of carbonyl (C=O) groups excluding carboxylic acids is 1. The highest BCUT2D eigenvalue weighted by Crippen LogP contribution is 2.25. The molecule has 0 unspecified atom stereocenters. The number of hydrogen-bond acceptors (Lipinski definition) is 4. The van der Waals surface area contributed by atoms with Crippen molar-refractivity contribution in [2.24, 2.45) is 0 Å². The Morgan fingerprint density at radius 2 is 1.56 bits per heavy atom. The maximum Gasteiger partial charge on any atom is 0.242 e. The van der Waals surface area contributed by atoms with E-state index in [-0.39, 0.29) is 11.9 Å². The van der Waals surface area contributed by atoms with Crippen LogP contribution in [0.2, 0.25) is 0 Å². The molecule has 0 radical (unpaired) electrons. The van der Waals surface area contributed by atoms with Crippen molar-refractivity contribution in [3.8, 4) is 17.2 Å². The topological polar surface area (TPSA) is 59.6 Å². The van der Waals surface area contributed by atoms with Crippen molar-refractivity contribution in [2.75, 3.05) is 11.9 Å². The van der Waals surface area contributed by atoms with E-state index < -0.39 is 0 Å². The summed E-state index contributed by atoms with van der Waals surface area (Å²) in [4.78, 5) is 12.3. The fourth-order valence-electron chi connectivity index (χ4n) is 3.24. The largest absolute Gasteiger partial charge is 0.494 e. The van der Waals surface area contributed by atoms with Crippen molar-refractivity contribution < 1.29 is 14.3 Å². The van der Waals surface area contributed by atoms with Gasteiger partial charge in [-0.3, -0.25) is 4.79 Å². The highest BCUT2D eigenvalue weighted by atomic mass is 16.5. The minimum absolute atomic E-state index is 0.0524. The Morgan fingerprint density at radius 1 is 1.00 bits per heavy atom. The minimum Gasteiger partial charge on any atom is -0.494 e. The van der Waals surface area contributed by atoms with E-state index in [1.807, 2.05) is 62.4 Å². The zero-order valence-electron chi connectivity index (χ0n) is 16.0. The number of rotatable bonds is 8. The molecule has 1 aliphatic rings. The van der Waals surface area contributed by atoms with Crippen LogP contribution in [0.1, 0.15) is 39.5 Å². The molecule has 3 rings (SSSR count). The average Bonchev–Trinajstić information content (AvgIpc) is 3.18. The maximum absolute atomic E-state index is 12.3. The Labute approximate surface area is 161 Å². The third-order valence-electron chi connectivity index (χ3n) is 4.70. The highest BCUT2D eigenvalue weighted by molar-refractivity contribution is 5.84. The molecule has 27 heavy (non-hydrogen) atoms. The van der Waals surface area contributed by atoms with Gasteiger partial charge in [0.25, 0.3) is 0 Å². The van der Waals surface area contributed by atoms with Crippen molar-refractivity contribution in [3.63, 3.8) is 0 Å². The number of benzene rings is 2. The van der Waals surface area contributed by atoms with E-state index in [2.05, 4.69) is 10.6 Å². The number of nitrogens with one attached hydrogen (secondary N) is 2. The van der Waals surface area contributed by atoms with Gasteiger partial charge in [-0.2, -0.15) is 0 Å². The Balaban J connectivity index is 1.51. The van der Waals surface area contributed by atoms with Crippen LogP contribution in [0.4, 0.5) is 5.69 Å². The minimum atomic E-state index is -0.275. The average molecular weight is 368 g/mol. The van der Waals surface area contributed by atoms with Crippen molar-refractivity contribution in [3.05, 3.63) is 48.5 Å². The van der Waals surface area contributed by atoms with Gasteiger partial charge in [-0.1, -0.05) is 12.8 Å². The molecule has 0 saturated heterocycles. The molecule has 1 aliphatic carbocycles. The van der Waals surface area contributed by atoms with E-state index >= 15 is 0 Å². The Bertz CT molecular complexity index is 722. The summed E-state index contributed by atoms with van der Waals surface area (Å²) in [5.74, 6) is 2.38. The normalized spacial score (nSPS) is 15.2. The summed E-state index contributed by atoms with van der Waals surface area (Å²) in [5, 5.41) is 6.36.